The van der Waals surface area contributed by atoms with Gasteiger partial charge in [0.05, 0.1) is 5.69 Å². The zero-order valence-electron chi connectivity index (χ0n) is 17.2. The molecule has 0 saturated heterocycles. The summed E-state index contributed by atoms with van der Waals surface area (Å²) >= 11 is 0. The second-order valence-electron chi connectivity index (χ2n) is 7.00. The van der Waals surface area contributed by atoms with E-state index in [1.165, 1.54) is 0 Å². The van der Waals surface area contributed by atoms with E-state index in [1.54, 1.807) is 25.4 Å². The van der Waals surface area contributed by atoms with Gasteiger partial charge in [-0.25, -0.2) is 9.97 Å². The molecule has 4 aromatic rings. The molecule has 2 aromatic heterocycles. The molecule has 0 aliphatic rings. The monoisotopic (exact) mass is 414 g/mol. The van der Waals surface area contributed by atoms with Crippen LogP contribution < -0.4 is 15.8 Å². The average Bonchev–Trinajstić information content (AvgIpc) is 3.20. The van der Waals surface area contributed by atoms with Crippen molar-refractivity contribution in [3.05, 3.63) is 73.1 Å². The Hall–Kier alpha value is -4.20. The molecule has 8 nitrogen and oxygen atoms in total. The molecule has 156 valence electrons. The molecule has 0 radical (unpaired) electrons. The number of nitrogens with one attached hydrogen (secondary N) is 1. The largest absolute Gasteiger partial charge is 0.457 e. The van der Waals surface area contributed by atoms with Crippen molar-refractivity contribution in [2.24, 2.45) is 12.8 Å². The van der Waals surface area contributed by atoms with Gasteiger partial charge in [-0.3, -0.25) is 9.48 Å². The zero-order chi connectivity index (χ0) is 21.8. The van der Waals surface area contributed by atoms with Crippen LogP contribution in [0.4, 0.5) is 5.82 Å². The van der Waals surface area contributed by atoms with Gasteiger partial charge in [-0.15, -0.1) is 0 Å². The highest BCUT2D eigenvalue weighted by molar-refractivity contribution is 5.82. The summed E-state index contributed by atoms with van der Waals surface area (Å²) in [5.41, 5.74) is 8.04. The first kappa shape index (κ1) is 20.1. The van der Waals surface area contributed by atoms with Gasteiger partial charge >= 0.3 is 0 Å². The first-order valence-corrected chi connectivity index (χ1v) is 9.76. The summed E-state index contributed by atoms with van der Waals surface area (Å²) in [4.78, 5) is 20.0. The number of hydrogen-bond donors (Lipinski definition) is 2. The first-order chi connectivity index (χ1) is 15.0. The third-order valence-corrected chi connectivity index (χ3v) is 4.77. The van der Waals surface area contributed by atoms with Crippen LogP contribution in [0, 0.1) is 0 Å². The Bertz CT molecular complexity index is 1200. The fourth-order valence-electron chi connectivity index (χ4n) is 3.08. The van der Waals surface area contributed by atoms with E-state index in [-0.39, 0.29) is 0 Å². The molecular formula is C23H22N6O2. The number of para-hydroxylation sites is 1. The quantitative estimate of drug-likeness (QED) is 0.478. The van der Waals surface area contributed by atoms with Crippen molar-refractivity contribution in [2.75, 3.05) is 5.32 Å². The Morgan fingerprint density at radius 1 is 1.06 bits per heavy atom. The lowest BCUT2D eigenvalue weighted by molar-refractivity contribution is -0.118. The Labute approximate surface area is 179 Å². The third kappa shape index (κ3) is 4.53. The number of nitrogens with zero attached hydrogens (tertiary/aromatic N) is 4. The number of amides is 1. The Morgan fingerprint density at radius 2 is 1.84 bits per heavy atom. The van der Waals surface area contributed by atoms with Crippen LogP contribution >= 0.6 is 0 Å². The maximum atomic E-state index is 11.3. The molecule has 0 saturated carbocycles. The number of aromatic nitrogens is 4. The highest BCUT2D eigenvalue weighted by atomic mass is 16.5. The van der Waals surface area contributed by atoms with Crippen molar-refractivity contribution in [1.82, 2.24) is 19.7 Å². The van der Waals surface area contributed by atoms with Crippen LogP contribution in [-0.2, 0) is 11.8 Å². The second kappa shape index (κ2) is 8.66. The van der Waals surface area contributed by atoms with Gasteiger partial charge in [-0.2, -0.15) is 5.10 Å². The number of primary amides is 1. The summed E-state index contributed by atoms with van der Waals surface area (Å²) in [5.74, 6) is 2.04. The maximum Gasteiger partial charge on any atom is 0.239 e. The number of anilines is 1. The lowest BCUT2D eigenvalue weighted by atomic mass is 10.1. The van der Waals surface area contributed by atoms with Crippen LogP contribution in [-0.4, -0.2) is 31.7 Å². The molecule has 3 N–H and O–H groups in total. The molecule has 0 unspecified atom stereocenters. The highest BCUT2D eigenvalue weighted by Crippen LogP contribution is 2.33. The molecule has 0 spiro atoms. The third-order valence-electron chi connectivity index (χ3n) is 4.77. The number of benzene rings is 2. The molecule has 8 heteroatoms. The number of carbonyl (C=O) groups is 1. The fourth-order valence-corrected chi connectivity index (χ4v) is 3.08. The Kier molecular flexibility index (Phi) is 5.61. The minimum Gasteiger partial charge on any atom is -0.457 e. The van der Waals surface area contributed by atoms with Gasteiger partial charge in [0.25, 0.3) is 0 Å². The van der Waals surface area contributed by atoms with E-state index in [4.69, 9.17) is 10.5 Å². The molecule has 2 aromatic carbocycles. The van der Waals surface area contributed by atoms with E-state index >= 15 is 0 Å². The van der Waals surface area contributed by atoms with Gasteiger partial charge in [-0.1, -0.05) is 12.1 Å². The van der Waals surface area contributed by atoms with Gasteiger partial charge in [0.2, 0.25) is 5.91 Å². The van der Waals surface area contributed by atoms with Gasteiger partial charge < -0.3 is 15.8 Å². The second-order valence-corrected chi connectivity index (χ2v) is 7.00. The Morgan fingerprint density at radius 3 is 2.55 bits per heavy atom. The van der Waals surface area contributed by atoms with Crippen LogP contribution in [0.3, 0.4) is 0 Å². The smallest absolute Gasteiger partial charge is 0.239 e. The number of nitrogens with two attached hydrogens (primary N) is 1. The van der Waals surface area contributed by atoms with Crippen molar-refractivity contribution in [2.45, 2.75) is 13.0 Å². The zero-order valence-corrected chi connectivity index (χ0v) is 17.2. The van der Waals surface area contributed by atoms with E-state index in [2.05, 4.69) is 20.4 Å². The van der Waals surface area contributed by atoms with Crippen molar-refractivity contribution in [1.29, 1.82) is 0 Å². The van der Waals surface area contributed by atoms with Crippen LogP contribution in [0.5, 0.6) is 11.5 Å². The van der Waals surface area contributed by atoms with Crippen molar-refractivity contribution in [3.8, 4) is 34.1 Å². The standard InChI is InChI=1S/C23H22N6O2/c1-15(22(24)30)27-21-12-13-25-23(28-21)16-7-9-17(10-8-16)31-20-6-4-3-5-18(20)19-11-14-26-29(19)2/h3-15H,1-2H3,(H2,24,30)(H,25,27,28)/t15-/m0/s1. The molecule has 31 heavy (non-hydrogen) atoms. The molecule has 0 fully saturated rings. The van der Waals surface area contributed by atoms with Gasteiger partial charge in [0.1, 0.15) is 23.4 Å². The summed E-state index contributed by atoms with van der Waals surface area (Å²) in [7, 11) is 1.90. The van der Waals surface area contributed by atoms with E-state index in [0.717, 1.165) is 22.6 Å². The lowest BCUT2D eigenvalue weighted by Gasteiger charge is -2.12. The van der Waals surface area contributed by atoms with E-state index in [0.29, 0.717) is 17.4 Å². The summed E-state index contributed by atoms with van der Waals surface area (Å²) < 4.78 is 7.94. The summed E-state index contributed by atoms with van der Waals surface area (Å²) in [6.07, 6.45) is 3.39. The lowest BCUT2D eigenvalue weighted by Crippen LogP contribution is -2.32. The number of rotatable bonds is 7. The van der Waals surface area contributed by atoms with E-state index in [1.807, 2.05) is 66.3 Å². The van der Waals surface area contributed by atoms with Crippen molar-refractivity contribution in [3.63, 3.8) is 0 Å². The number of carbonyl (C=O) groups excluding carboxylic acids is 1. The number of aryl methyl sites for hydroxylation is 1. The van der Waals surface area contributed by atoms with Crippen LogP contribution in [0.15, 0.2) is 73.1 Å². The summed E-state index contributed by atoms with van der Waals surface area (Å²) in [5, 5.41) is 7.20. The summed E-state index contributed by atoms with van der Waals surface area (Å²) in [6, 6.07) is 18.4. The SMILES string of the molecule is C[C@H](Nc1ccnc(-c2ccc(Oc3ccccc3-c3ccnn3C)cc2)n1)C(N)=O. The van der Waals surface area contributed by atoms with Crippen molar-refractivity contribution < 1.29 is 9.53 Å². The molecule has 0 aliphatic carbocycles. The van der Waals surface area contributed by atoms with Crippen LogP contribution in [0.25, 0.3) is 22.6 Å². The minimum absolute atomic E-state index is 0.451. The van der Waals surface area contributed by atoms with Crippen LogP contribution in [0.2, 0.25) is 0 Å². The predicted molar refractivity (Wildman–Crippen MR) is 118 cm³/mol. The topological polar surface area (TPSA) is 108 Å². The normalized spacial score (nSPS) is 11.7. The van der Waals surface area contributed by atoms with Gasteiger partial charge in [-0.05, 0) is 55.5 Å². The fraction of sp³-hybridized carbons (Fsp3) is 0.130. The first-order valence-electron chi connectivity index (χ1n) is 9.76. The molecule has 1 amide bonds. The number of ether oxygens (including phenoxy) is 1. The minimum atomic E-state index is -0.530. The van der Waals surface area contributed by atoms with Gasteiger partial charge in [0.15, 0.2) is 5.82 Å². The van der Waals surface area contributed by atoms with Gasteiger partial charge in [0, 0.05) is 30.6 Å². The van der Waals surface area contributed by atoms with Crippen LogP contribution in [0.1, 0.15) is 6.92 Å². The highest BCUT2D eigenvalue weighted by Gasteiger charge is 2.12. The molecule has 2 heterocycles. The predicted octanol–water partition coefficient (Wildman–Crippen LogP) is 3.62. The van der Waals surface area contributed by atoms with E-state index in [9.17, 15) is 4.79 Å². The molecule has 4 rings (SSSR count). The average molecular weight is 414 g/mol. The molecule has 1 atom stereocenters. The van der Waals surface area contributed by atoms with Crippen molar-refractivity contribution >= 4 is 11.7 Å². The molecular weight excluding hydrogens is 392 g/mol. The summed E-state index contributed by atoms with van der Waals surface area (Å²) in [6.45, 7) is 1.68. The number of hydrogen-bond acceptors (Lipinski definition) is 6. The Balaban J connectivity index is 1.54. The molecule has 0 aliphatic heterocycles. The molecule has 0 bridgehead atoms. The van der Waals surface area contributed by atoms with E-state index < -0.39 is 11.9 Å². The maximum absolute atomic E-state index is 11.3.